The molecule has 16 heavy (non-hydrogen) atoms. The van der Waals surface area contributed by atoms with Crippen molar-refractivity contribution in [2.75, 3.05) is 6.54 Å². The van der Waals surface area contributed by atoms with Crippen molar-refractivity contribution in [2.24, 2.45) is 4.99 Å². The van der Waals surface area contributed by atoms with Gasteiger partial charge in [0.05, 0.1) is 6.54 Å². The summed E-state index contributed by atoms with van der Waals surface area (Å²) < 4.78 is 4.74. The maximum atomic E-state index is 4.74. The van der Waals surface area contributed by atoms with Crippen LogP contribution in [0.2, 0.25) is 0 Å². The van der Waals surface area contributed by atoms with E-state index in [1.165, 1.54) is 12.8 Å². The number of hydrogen-bond donors (Lipinski definition) is 2. The fourth-order valence-corrected chi connectivity index (χ4v) is 1.22. The largest absolute Gasteiger partial charge is 0.364 e. The van der Waals surface area contributed by atoms with Crippen LogP contribution in [0.3, 0.4) is 0 Å². The first-order valence-electron chi connectivity index (χ1n) is 5.32. The fraction of sp³-hybridized carbons (Fsp3) is 0.600. The second-order valence-corrected chi connectivity index (χ2v) is 3.60. The van der Waals surface area contributed by atoms with E-state index in [0.29, 0.717) is 12.6 Å². The molecule has 0 amide bonds. The molecule has 6 heteroatoms. The second kappa shape index (κ2) is 6.72. The molecule has 5 nitrogen and oxygen atoms in total. The lowest BCUT2D eigenvalue weighted by Crippen LogP contribution is -2.38. The summed E-state index contributed by atoms with van der Waals surface area (Å²) in [7, 11) is 0. The van der Waals surface area contributed by atoms with Crippen LogP contribution in [0, 0.1) is 0 Å². The number of aliphatic imine (C=N–C) groups is 1. The third-order valence-corrected chi connectivity index (χ3v) is 2.15. The molecule has 0 spiro atoms. The van der Waals surface area contributed by atoms with Gasteiger partial charge >= 0.3 is 0 Å². The highest BCUT2D eigenvalue weighted by atomic mass is 127. The monoisotopic (exact) mass is 336 g/mol. The van der Waals surface area contributed by atoms with E-state index < -0.39 is 0 Å². The highest BCUT2D eigenvalue weighted by Crippen LogP contribution is 2.18. The van der Waals surface area contributed by atoms with E-state index in [9.17, 15) is 0 Å². The van der Waals surface area contributed by atoms with Crippen LogP contribution in [0.4, 0.5) is 0 Å². The zero-order valence-corrected chi connectivity index (χ0v) is 11.6. The van der Waals surface area contributed by atoms with Gasteiger partial charge in [0.15, 0.2) is 5.96 Å². The Hall–Kier alpha value is -0.790. The molecule has 2 N–H and O–H groups in total. The average Bonchev–Trinajstić information content (AvgIpc) is 2.90. The maximum absolute atomic E-state index is 4.74. The summed E-state index contributed by atoms with van der Waals surface area (Å²) in [6.45, 7) is 3.48. The van der Waals surface area contributed by atoms with Crippen LogP contribution in [0.1, 0.15) is 25.5 Å². The molecule has 1 aliphatic rings. The number of aromatic nitrogens is 1. The summed E-state index contributed by atoms with van der Waals surface area (Å²) >= 11 is 0. The van der Waals surface area contributed by atoms with Gasteiger partial charge in [-0.1, -0.05) is 5.16 Å². The Labute approximate surface area is 112 Å². The summed E-state index contributed by atoms with van der Waals surface area (Å²) in [5.41, 5.74) is 0.850. The molecule has 0 atom stereocenters. The molecule has 1 aromatic rings. The third kappa shape index (κ3) is 4.38. The summed E-state index contributed by atoms with van der Waals surface area (Å²) in [6.07, 6.45) is 4.05. The topological polar surface area (TPSA) is 62.5 Å². The van der Waals surface area contributed by atoms with Gasteiger partial charge in [-0.15, -0.1) is 24.0 Å². The van der Waals surface area contributed by atoms with E-state index in [1.807, 2.05) is 6.07 Å². The highest BCUT2D eigenvalue weighted by Gasteiger charge is 2.21. The van der Waals surface area contributed by atoms with Gasteiger partial charge in [0.1, 0.15) is 12.0 Å². The number of nitrogens with zero attached hydrogens (tertiary/aromatic N) is 2. The van der Waals surface area contributed by atoms with Gasteiger partial charge in [0, 0.05) is 18.7 Å². The molecule has 1 fully saturated rings. The zero-order chi connectivity index (χ0) is 10.5. The van der Waals surface area contributed by atoms with Crippen molar-refractivity contribution in [3.8, 4) is 0 Å². The van der Waals surface area contributed by atoms with Crippen molar-refractivity contribution in [3.05, 3.63) is 18.0 Å². The van der Waals surface area contributed by atoms with E-state index in [4.69, 9.17) is 4.52 Å². The van der Waals surface area contributed by atoms with Crippen LogP contribution >= 0.6 is 24.0 Å². The van der Waals surface area contributed by atoms with Crippen LogP contribution in [0.5, 0.6) is 0 Å². The normalized spacial score (nSPS) is 15.4. The Bertz CT molecular complexity index is 322. The zero-order valence-electron chi connectivity index (χ0n) is 9.27. The Morgan fingerprint density at radius 1 is 1.62 bits per heavy atom. The third-order valence-electron chi connectivity index (χ3n) is 2.15. The van der Waals surface area contributed by atoms with Crippen molar-refractivity contribution in [1.29, 1.82) is 0 Å². The van der Waals surface area contributed by atoms with Gasteiger partial charge in [-0.3, -0.25) is 0 Å². The van der Waals surface area contributed by atoms with Crippen LogP contribution < -0.4 is 10.6 Å². The molecule has 0 unspecified atom stereocenters. The van der Waals surface area contributed by atoms with E-state index >= 15 is 0 Å². The summed E-state index contributed by atoms with van der Waals surface area (Å²) in [6, 6.07) is 2.43. The molecule has 1 saturated carbocycles. The average molecular weight is 336 g/mol. The number of nitrogens with one attached hydrogen (secondary N) is 2. The lowest BCUT2D eigenvalue weighted by Gasteiger charge is -2.09. The predicted molar refractivity (Wildman–Crippen MR) is 72.9 cm³/mol. The lowest BCUT2D eigenvalue weighted by atomic mass is 10.4. The van der Waals surface area contributed by atoms with Gasteiger partial charge in [0.2, 0.25) is 0 Å². The van der Waals surface area contributed by atoms with Gasteiger partial charge in [-0.25, -0.2) is 4.99 Å². The number of rotatable bonds is 4. The summed E-state index contributed by atoms with van der Waals surface area (Å²) in [5, 5.41) is 10.3. The van der Waals surface area contributed by atoms with Gasteiger partial charge in [-0.05, 0) is 19.8 Å². The maximum Gasteiger partial charge on any atom is 0.191 e. The van der Waals surface area contributed by atoms with E-state index in [0.717, 1.165) is 18.2 Å². The van der Waals surface area contributed by atoms with Crippen molar-refractivity contribution < 1.29 is 4.52 Å². The van der Waals surface area contributed by atoms with Crippen LogP contribution in [0.25, 0.3) is 0 Å². The van der Waals surface area contributed by atoms with Gasteiger partial charge < -0.3 is 15.2 Å². The van der Waals surface area contributed by atoms with E-state index in [2.05, 4.69) is 27.7 Å². The standard InChI is InChI=1S/C10H16N4O.HI/c1-2-11-10(13-8-3-4-8)12-7-9-5-6-15-14-9;/h5-6,8H,2-4,7H2,1H3,(H2,11,12,13);1H. The molecule has 0 aromatic carbocycles. The predicted octanol–water partition coefficient (Wildman–Crippen LogP) is 1.51. The minimum atomic E-state index is 0. The van der Waals surface area contributed by atoms with Gasteiger partial charge in [-0.2, -0.15) is 0 Å². The SMILES string of the molecule is CCNC(=NCc1ccon1)NC1CC1.I. The first-order valence-corrected chi connectivity index (χ1v) is 5.32. The lowest BCUT2D eigenvalue weighted by molar-refractivity contribution is 0.412. The highest BCUT2D eigenvalue weighted by molar-refractivity contribution is 14.0. The molecule has 1 aliphatic carbocycles. The van der Waals surface area contributed by atoms with Crippen molar-refractivity contribution in [3.63, 3.8) is 0 Å². The molecule has 1 aromatic heterocycles. The molecule has 2 rings (SSSR count). The molecule has 0 bridgehead atoms. The Balaban J connectivity index is 0.00000128. The van der Waals surface area contributed by atoms with Crippen LogP contribution in [0.15, 0.2) is 21.8 Å². The minimum Gasteiger partial charge on any atom is -0.364 e. The smallest absolute Gasteiger partial charge is 0.191 e. The van der Waals surface area contributed by atoms with Crippen molar-refractivity contribution in [1.82, 2.24) is 15.8 Å². The Kier molecular flexibility index (Phi) is 5.58. The first kappa shape index (κ1) is 13.3. The summed E-state index contributed by atoms with van der Waals surface area (Å²) in [5.74, 6) is 0.864. The van der Waals surface area contributed by atoms with Crippen LogP contribution in [-0.4, -0.2) is 23.7 Å². The number of hydrogen-bond acceptors (Lipinski definition) is 3. The molecule has 0 aliphatic heterocycles. The van der Waals surface area contributed by atoms with Crippen molar-refractivity contribution in [2.45, 2.75) is 32.4 Å². The molecular formula is C10H17IN4O. The summed E-state index contributed by atoms with van der Waals surface area (Å²) in [4.78, 5) is 4.41. The van der Waals surface area contributed by atoms with E-state index in [-0.39, 0.29) is 24.0 Å². The quantitative estimate of drug-likeness (QED) is 0.497. The first-order chi connectivity index (χ1) is 7.38. The Morgan fingerprint density at radius 2 is 2.44 bits per heavy atom. The molecular weight excluding hydrogens is 319 g/mol. The van der Waals surface area contributed by atoms with E-state index in [1.54, 1.807) is 6.26 Å². The molecule has 90 valence electrons. The second-order valence-electron chi connectivity index (χ2n) is 3.60. The molecule has 1 heterocycles. The van der Waals surface area contributed by atoms with Crippen molar-refractivity contribution >= 4 is 29.9 Å². The fourth-order valence-electron chi connectivity index (χ4n) is 1.22. The molecule has 0 saturated heterocycles. The molecule has 0 radical (unpaired) electrons. The minimum absolute atomic E-state index is 0. The van der Waals surface area contributed by atoms with Gasteiger partial charge in [0.25, 0.3) is 0 Å². The Morgan fingerprint density at radius 3 is 3.00 bits per heavy atom. The number of halogens is 1. The van der Waals surface area contributed by atoms with Crippen LogP contribution in [-0.2, 0) is 6.54 Å². The number of guanidine groups is 1.